The number of nitro groups is 1. The van der Waals surface area contributed by atoms with Gasteiger partial charge in [0.1, 0.15) is 4.90 Å². The van der Waals surface area contributed by atoms with Gasteiger partial charge >= 0.3 is 0 Å². The van der Waals surface area contributed by atoms with Crippen LogP contribution in [0.4, 0.5) is 11.4 Å². The number of nitrogen functional groups attached to an aromatic ring is 1. The van der Waals surface area contributed by atoms with Crippen molar-refractivity contribution in [1.82, 2.24) is 4.72 Å². The predicted octanol–water partition coefficient (Wildman–Crippen LogP) is 1.25. The molecule has 2 rings (SSSR count). The van der Waals surface area contributed by atoms with Crippen LogP contribution in [0, 0.1) is 16.0 Å². The summed E-state index contributed by atoms with van der Waals surface area (Å²) in [5.74, 6) is 0.496. The van der Waals surface area contributed by atoms with Gasteiger partial charge in [0.25, 0.3) is 5.69 Å². The van der Waals surface area contributed by atoms with E-state index >= 15 is 0 Å². The molecular formula is C11H15N3O4S. The van der Waals surface area contributed by atoms with Gasteiger partial charge in [-0.3, -0.25) is 10.1 Å². The van der Waals surface area contributed by atoms with E-state index in [0.29, 0.717) is 5.92 Å². The van der Waals surface area contributed by atoms with Crippen LogP contribution in [0.15, 0.2) is 23.1 Å². The molecule has 0 radical (unpaired) electrons. The Kier molecular flexibility index (Phi) is 3.46. The summed E-state index contributed by atoms with van der Waals surface area (Å²) in [6, 6.07) is 3.29. The molecule has 1 aromatic carbocycles. The third kappa shape index (κ3) is 2.85. The first kappa shape index (κ1) is 13.8. The molecule has 104 valence electrons. The molecule has 0 aromatic heterocycles. The maximum atomic E-state index is 12.1. The van der Waals surface area contributed by atoms with E-state index in [-0.39, 0.29) is 22.3 Å². The maximum Gasteiger partial charge on any atom is 0.270 e. The normalized spacial score (nSPS) is 22.8. The van der Waals surface area contributed by atoms with Gasteiger partial charge in [-0.05, 0) is 24.8 Å². The quantitative estimate of drug-likeness (QED) is 0.491. The van der Waals surface area contributed by atoms with Crippen molar-refractivity contribution in [2.45, 2.75) is 30.7 Å². The molecule has 1 aliphatic carbocycles. The summed E-state index contributed by atoms with van der Waals surface area (Å²) in [7, 11) is -3.81. The minimum absolute atomic E-state index is 0.00507. The van der Waals surface area contributed by atoms with Gasteiger partial charge in [0.2, 0.25) is 10.0 Å². The first-order valence-electron chi connectivity index (χ1n) is 5.86. The number of nitrogens with zero attached hydrogens (tertiary/aromatic N) is 1. The lowest BCUT2D eigenvalue weighted by molar-refractivity contribution is -0.385. The molecule has 1 aliphatic rings. The lowest BCUT2D eigenvalue weighted by Gasteiger charge is -2.32. The van der Waals surface area contributed by atoms with Crippen molar-refractivity contribution in [3.63, 3.8) is 0 Å². The molecular weight excluding hydrogens is 270 g/mol. The highest BCUT2D eigenvalue weighted by atomic mass is 32.2. The monoisotopic (exact) mass is 285 g/mol. The van der Waals surface area contributed by atoms with Gasteiger partial charge in [0, 0.05) is 18.2 Å². The fourth-order valence-corrected chi connectivity index (χ4v) is 3.56. The van der Waals surface area contributed by atoms with Crippen LogP contribution in [-0.2, 0) is 10.0 Å². The molecule has 0 heterocycles. The number of rotatable bonds is 4. The van der Waals surface area contributed by atoms with Crippen molar-refractivity contribution in [2.75, 3.05) is 5.73 Å². The van der Waals surface area contributed by atoms with Crippen LogP contribution < -0.4 is 10.5 Å². The Bertz CT molecular complexity index is 608. The number of nitro benzene ring substituents is 1. The summed E-state index contributed by atoms with van der Waals surface area (Å²) in [5, 5.41) is 10.7. The average Bonchev–Trinajstić information content (AvgIpc) is 2.26. The average molecular weight is 285 g/mol. The third-order valence-electron chi connectivity index (χ3n) is 3.19. The molecule has 7 nitrogen and oxygen atoms in total. The lowest BCUT2D eigenvalue weighted by Crippen LogP contribution is -2.43. The van der Waals surface area contributed by atoms with Crippen LogP contribution in [0.5, 0.6) is 0 Å². The van der Waals surface area contributed by atoms with Crippen LogP contribution in [0.2, 0.25) is 0 Å². The zero-order valence-corrected chi connectivity index (χ0v) is 11.2. The van der Waals surface area contributed by atoms with Crippen LogP contribution in [-0.4, -0.2) is 19.4 Å². The van der Waals surface area contributed by atoms with E-state index in [1.807, 2.05) is 6.92 Å². The molecule has 1 aromatic rings. The number of hydrogen-bond donors (Lipinski definition) is 2. The number of hydrogen-bond acceptors (Lipinski definition) is 5. The molecule has 1 fully saturated rings. The van der Waals surface area contributed by atoms with E-state index in [2.05, 4.69) is 4.72 Å². The van der Waals surface area contributed by atoms with Crippen LogP contribution in [0.3, 0.4) is 0 Å². The topological polar surface area (TPSA) is 115 Å². The van der Waals surface area contributed by atoms with Gasteiger partial charge in [-0.2, -0.15) is 0 Å². The first-order chi connectivity index (χ1) is 8.79. The largest absolute Gasteiger partial charge is 0.398 e. The van der Waals surface area contributed by atoms with Gasteiger partial charge in [-0.1, -0.05) is 6.92 Å². The highest BCUT2D eigenvalue weighted by Crippen LogP contribution is 2.29. The van der Waals surface area contributed by atoms with Crippen molar-refractivity contribution in [3.8, 4) is 0 Å². The second-order valence-electron chi connectivity index (χ2n) is 4.87. The Morgan fingerprint density at radius 3 is 2.58 bits per heavy atom. The van der Waals surface area contributed by atoms with Gasteiger partial charge in [-0.15, -0.1) is 0 Å². The molecule has 0 bridgehead atoms. The summed E-state index contributed by atoms with van der Waals surface area (Å²) in [6.45, 7) is 2.03. The fourth-order valence-electron chi connectivity index (χ4n) is 2.15. The number of benzene rings is 1. The van der Waals surface area contributed by atoms with Crippen molar-refractivity contribution >= 4 is 21.4 Å². The van der Waals surface area contributed by atoms with Crippen molar-refractivity contribution in [3.05, 3.63) is 28.3 Å². The highest BCUT2D eigenvalue weighted by molar-refractivity contribution is 7.89. The van der Waals surface area contributed by atoms with E-state index in [4.69, 9.17) is 5.73 Å². The van der Waals surface area contributed by atoms with Crippen LogP contribution in [0.1, 0.15) is 19.8 Å². The lowest BCUT2D eigenvalue weighted by atomic mass is 9.83. The Morgan fingerprint density at radius 1 is 1.42 bits per heavy atom. The van der Waals surface area contributed by atoms with Crippen molar-refractivity contribution in [2.24, 2.45) is 5.92 Å². The Hall–Kier alpha value is -1.67. The smallest absolute Gasteiger partial charge is 0.270 e. The van der Waals surface area contributed by atoms with Crippen molar-refractivity contribution < 1.29 is 13.3 Å². The molecule has 19 heavy (non-hydrogen) atoms. The van der Waals surface area contributed by atoms with Crippen LogP contribution in [0.25, 0.3) is 0 Å². The standard InChI is InChI=1S/C11H15N3O4S/c1-7-4-8(5-7)13-19(17,18)11-6-9(14(15)16)2-3-10(11)12/h2-3,6-8,13H,4-5,12H2,1H3. The number of sulfonamides is 1. The van der Waals surface area contributed by atoms with Crippen molar-refractivity contribution in [1.29, 1.82) is 0 Å². The fraction of sp³-hybridized carbons (Fsp3) is 0.455. The molecule has 8 heteroatoms. The summed E-state index contributed by atoms with van der Waals surface area (Å²) in [6.07, 6.45) is 1.54. The van der Waals surface area contributed by atoms with E-state index < -0.39 is 14.9 Å². The summed E-state index contributed by atoms with van der Waals surface area (Å²) >= 11 is 0. The number of nitrogens with two attached hydrogens (primary N) is 1. The summed E-state index contributed by atoms with van der Waals surface area (Å²) in [4.78, 5) is 9.79. The SMILES string of the molecule is CC1CC(NS(=O)(=O)c2cc([N+](=O)[O-])ccc2N)C1. The highest BCUT2D eigenvalue weighted by Gasteiger charge is 2.31. The van der Waals surface area contributed by atoms with E-state index in [9.17, 15) is 18.5 Å². The van der Waals surface area contributed by atoms with Gasteiger partial charge in [-0.25, -0.2) is 13.1 Å². The second kappa shape index (κ2) is 4.78. The van der Waals surface area contributed by atoms with Crippen LogP contribution >= 0.6 is 0 Å². The summed E-state index contributed by atoms with van der Waals surface area (Å²) in [5.41, 5.74) is 5.31. The summed E-state index contributed by atoms with van der Waals surface area (Å²) < 4.78 is 26.8. The molecule has 3 N–H and O–H groups in total. The molecule has 0 amide bonds. The predicted molar refractivity (Wildman–Crippen MR) is 70.0 cm³/mol. The van der Waals surface area contributed by atoms with Gasteiger partial charge in [0.15, 0.2) is 0 Å². The van der Waals surface area contributed by atoms with E-state index in [1.165, 1.54) is 12.1 Å². The molecule has 1 saturated carbocycles. The molecule has 0 unspecified atom stereocenters. The second-order valence-corrected chi connectivity index (χ2v) is 6.56. The van der Waals surface area contributed by atoms with Gasteiger partial charge < -0.3 is 5.73 Å². The number of nitrogens with one attached hydrogen (secondary N) is 1. The Balaban J connectivity index is 2.29. The molecule has 0 aliphatic heterocycles. The Labute approximate surface area is 111 Å². The molecule has 0 spiro atoms. The first-order valence-corrected chi connectivity index (χ1v) is 7.34. The van der Waals surface area contributed by atoms with Gasteiger partial charge in [0.05, 0.1) is 10.6 Å². The van der Waals surface area contributed by atoms with E-state index in [0.717, 1.165) is 18.9 Å². The maximum absolute atomic E-state index is 12.1. The molecule has 0 saturated heterocycles. The zero-order chi connectivity index (χ0) is 14.2. The molecule has 0 atom stereocenters. The minimum Gasteiger partial charge on any atom is -0.398 e. The Morgan fingerprint density at radius 2 is 2.05 bits per heavy atom. The minimum atomic E-state index is -3.81. The van der Waals surface area contributed by atoms with E-state index in [1.54, 1.807) is 0 Å². The number of anilines is 1. The number of non-ortho nitro benzene ring substituents is 1. The zero-order valence-electron chi connectivity index (χ0n) is 10.4. The third-order valence-corrected chi connectivity index (χ3v) is 4.77.